The summed E-state index contributed by atoms with van der Waals surface area (Å²) in [6.45, 7) is 8.83. The van der Waals surface area contributed by atoms with Crippen molar-refractivity contribution in [3.05, 3.63) is 0 Å². The fourth-order valence-electron chi connectivity index (χ4n) is 1.48. The molecule has 0 fully saturated rings. The van der Waals surface area contributed by atoms with Gasteiger partial charge in [-0.25, -0.2) is 0 Å². The van der Waals surface area contributed by atoms with Gasteiger partial charge in [0.2, 0.25) is 0 Å². The Morgan fingerprint density at radius 3 is 1.81 bits per heavy atom. The molecule has 0 heterocycles. The van der Waals surface area contributed by atoms with Gasteiger partial charge in [0.05, 0.1) is 26.7 Å². The first-order valence-corrected chi connectivity index (χ1v) is 7.34. The van der Waals surface area contributed by atoms with E-state index in [4.69, 9.17) is 18.9 Å². The van der Waals surface area contributed by atoms with Crippen molar-refractivity contribution in [3.8, 4) is 0 Å². The number of nitrogens with zero attached hydrogens (tertiary/aromatic N) is 1. The second kappa shape index (κ2) is 15.7. The number of carbonyl (C=O) groups is 1. The van der Waals surface area contributed by atoms with E-state index in [1.807, 2.05) is 13.8 Å². The molecular weight excluding hydrogens is 278 g/mol. The molecule has 0 spiro atoms. The standard InChI is InChI=1S/C14H29NO6/c1-4-18-12-20-10-8-15(7-6-14(16)17-3)9-11-21-13-19-5-2/h4-13H2,1-3H3. The lowest BCUT2D eigenvalue weighted by Crippen LogP contribution is -2.33. The van der Waals surface area contributed by atoms with Crippen LogP contribution in [-0.4, -0.2) is 77.6 Å². The summed E-state index contributed by atoms with van der Waals surface area (Å²) in [6.07, 6.45) is 0.355. The third-order valence-electron chi connectivity index (χ3n) is 2.71. The first kappa shape index (κ1) is 20.3. The zero-order valence-corrected chi connectivity index (χ0v) is 13.5. The predicted molar refractivity (Wildman–Crippen MR) is 78.0 cm³/mol. The van der Waals surface area contributed by atoms with Gasteiger partial charge in [0.25, 0.3) is 0 Å². The minimum atomic E-state index is -0.217. The van der Waals surface area contributed by atoms with E-state index in [0.29, 0.717) is 66.1 Å². The smallest absolute Gasteiger partial charge is 0.306 e. The summed E-state index contributed by atoms with van der Waals surface area (Å²) in [5, 5.41) is 0. The van der Waals surface area contributed by atoms with Gasteiger partial charge in [0, 0.05) is 32.8 Å². The monoisotopic (exact) mass is 307 g/mol. The second-order valence-electron chi connectivity index (χ2n) is 4.21. The van der Waals surface area contributed by atoms with Gasteiger partial charge in [-0.3, -0.25) is 9.69 Å². The highest BCUT2D eigenvalue weighted by Crippen LogP contribution is 1.95. The lowest BCUT2D eigenvalue weighted by molar-refractivity contribution is -0.141. The minimum absolute atomic E-state index is 0.217. The molecule has 0 aromatic rings. The van der Waals surface area contributed by atoms with Crippen molar-refractivity contribution in [2.24, 2.45) is 0 Å². The van der Waals surface area contributed by atoms with Crippen molar-refractivity contribution in [2.45, 2.75) is 20.3 Å². The highest BCUT2D eigenvalue weighted by molar-refractivity contribution is 5.69. The quantitative estimate of drug-likeness (QED) is 0.253. The van der Waals surface area contributed by atoms with Gasteiger partial charge in [-0.1, -0.05) is 0 Å². The van der Waals surface area contributed by atoms with E-state index < -0.39 is 0 Å². The molecule has 0 atom stereocenters. The van der Waals surface area contributed by atoms with Gasteiger partial charge in [-0.15, -0.1) is 0 Å². The molecule has 0 N–H and O–H groups in total. The maximum Gasteiger partial charge on any atom is 0.306 e. The molecule has 0 aromatic heterocycles. The molecule has 7 heteroatoms. The number of rotatable bonds is 15. The first-order chi connectivity index (χ1) is 10.2. The fraction of sp³-hybridized carbons (Fsp3) is 0.929. The molecular formula is C14H29NO6. The summed E-state index contributed by atoms with van der Waals surface area (Å²) >= 11 is 0. The zero-order chi connectivity index (χ0) is 15.8. The largest absolute Gasteiger partial charge is 0.469 e. The van der Waals surface area contributed by atoms with Crippen LogP contribution in [0.4, 0.5) is 0 Å². The van der Waals surface area contributed by atoms with Gasteiger partial charge in [-0.2, -0.15) is 0 Å². The van der Waals surface area contributed by atoms with E-state index in [1.165, 1.54) is 7.11 Å². The third-order valence-corrected chi connectivity index (χ3v) is 2.71. The number of carbonyl (C=O) groups excluding carboxylic acids is 1. The van der Waals surface area contributed by atoms with E-state index in [1.54, 1.807) is 0 Å². The molecule has 0 aliphatic carbocycles. The molecule has 0 rings (SSSR count). The Kier molecular flexibility index (Phi) is 15.1. The lowest BCUT2D eigenvalue weighted by atomic mass is 10.3. The molecule has 0 aliphatic heterocycles. The Balaban J connectivity index is 3.82. The SMILES string of the molecule is CCOCOCCN(CCOCOCC)CCC(=O)OC. The first-order valence-electron chi connectivity index (χ1n) is 7.34. The normalized spacial score (nSPS) is 11.0. The summed E-state index contributed by atoms with van der Waals surface area (Å²) in [5.74, 6) is -0.217. The number of hydrogen-bond acceptors (Lipinski definition) is 7. The van der Waals surface area contributed by atoms with Crippen LogP contribution in [0, 0.1) is 0 Å². The molecule has 126 valence electrons. The maximum absolute atomic E-state index is 11.2. The average Bonchev–Trinajstić information content (AvgIpc) is 2.50. The number of methoxy groups -OCH3 is 1. The topological polar surface area (TPSA) is 66.5 Å². The Morgan fingerprint density at radius 2 is 1.38 bits per heavy atom. The van der Waals surface area contributed by atoms with E-state index in [9.17, 15) is 4.79 Å². The molecule has 0 saturated carbocycles. The lowest BCUT2D eigenvalue weighted by Gasteiger charge is -2.21. The average molecular weight is 307 g/mol. The molecule has 0 aliphatic rings. The van der Waals surface area contributed by atoms with Crippen LogP contribution >= 0.6 is 0 Å². The van der Waals surface area contributed by atoms with Crippen LogP contribution in [0.15, 0.2) is 0 Å². The van der Waals surface area contributed by atoms with Crippen LogP contribution < -0.4 is 0 Å². The van der Waals surface area contributed by atoms with Crippen molar-refractivity contribution in [1.29, 1.82) is 0 Å². The Bertz CT molecular complexity index is 226. The van der Waals surface area contributed by atoms with Gasteiger partial charge < -0.3 is 23.7 Å². The predicted octanol–water partition coefficient (Wildman–Crippen LogP) is 0.873. The molecule has 21 heavy (non-hydrogen) atoms. The summed E-state index contributed by atoms with van der Waals surface area (Å²) in [5.41, 5.74) is 0. The van der Waals surface area contributed by atoms with Crippen LogP contribution in [0.5, 0.6) is 0 Å². The number of hydrogen-bond donors (Lipinski definition) is 0. The number of ether oxygens (including phenoxy) is 5. The zero-order valence-electron chi connectivity index (χ0n) is 13.5. The molecule has 7 nitrogen and oxygen atoms in total. The third kappa shape index (κ3) is 14.0. The van der Waals surface area contributed by atoms with Crippen molar-refractivity contribution in [3.63, 3.8) is 0 Å². The molecule has 0 radical (unpaired) electrons. The van der Waals surface area contributed by atoms with E-state index in [2.05, 4.69) is 9.64 Å². The van der Waals surface area contributed by atoms with Gasteiger partial charge >= 0.3 is 5.97 Å². The van der Waals surface area contributed by atoms with Crippen molar-refractivity contribution in [2.75, 3.05) is 66.8 Å². The van der Waals surface area contributed by atoms with Crippen LogP contribution in [-0.2, 0) is 28.5 Å². The fourth-order valence-corrected chi connectivity index (χ4v) is 1.48. The molecule has 0 aromatic carbocycles. The minimum Gasteiger partial charge on any atom is -0.469 e. The number of esters is 1. The van der Waals surface area contributed by atoms with Crippen molar-refractivity contribution < 1.29 is 28.5 Å². The van der Waals surface area contributed by atoms with Gasteiger partial charge in [0.15, 0.2) is 0 Å². The highest BCUT2D eigenvalue weighted by atomic mass is 16.7. The maximum atomic E-state index is 11.2. The second-order valence-corrected chi connectivity index (χ2v) is 4.21. The van der Waals surface area contributed by atoms with Crippen LogP contribution in [0.25, 0.3) is 0 Å². The van der Waals surface area contributed by atoms with E-state index >= 15 is 0 Å². The Labute approximate surface area is 127 Å². The van der Waals surface area contributed by atoms with Crippen molar-refractivity contribution in [1.82, 2.24) is 4.90 Å². The van der Waals surface area contributed by atoms with Crippen LogP contribution in [0.2, 0.25) is 0 Å². The summed E-state index contributed by atoms with van der Waals surface area (Å²) in [6, 6.07) is 0. The van der Waals surface area contributed by atoms with E-state index in [0.717, 1.165) is 0 Å². The molecule has 0 bridgehead atoms. The van der Waals surface area contributed by atoms with Gasteiger partial charge in [0.1, 0.15) is 13.6 Å². The van der Waals surface area contributed by atoms with Gasteiger partial charge in [-0.05, 0) is 13.8 Å². The molecule has 0 saturated heterocycles. The van der Waals surface area contributed by atoms with Crippen LogP contribution in [0.1, 0.15) is 20.3 Å². The molecule has 0 unspecified atom stereocenters. The summed E-state index contributed by atoms with van der Waals surface area (Å²) in [7, 11) is 1.39. The van der Waals surface area contributed by atoms with Crippen LogP contribution in [0.3, 0.4) is 0 Å². The Morgan fingerprint density at radius 1 is 0.857 bits per heavy atom. The summed E-state index contributed by atoms with van der Waals surface area (Å²) < 4.78 is 25.5. The summed E-state index contributed by atoms with van der Waals surface area (Å²) in [4.78, 5) is 13.3. The van der Waals surface area contributed by atoms with Crippen molar-refractivity contribution >= 4 is 5.97 Å². The molecule has 0 amide bonds. The van der Waals surface area contributed by atoms with E-state index in [-0.39, 0.29) is 5.97 Å². The Hall–Kier alpha value is -0.730. The highest BCUT2D eigenvalue weighted by Gasteiger charge is 2.08.